The highest BCUT2D eigenvalue weighted by molar-refractivity contribution is 14.1. The van der Waals surface area contributed by atoms with Gasteiger partial charge in [-0.1, -0.05) is 11.6 Å². The van der Waals surface area contributed by atoms with Gasteiger partial charge in [-0.3, -0.25) is 4.79 Å². The number of benzene rings is 1. The lowest BCUT2D eigenvalue weighted by Gasteiger charge is -2.34. The Labute approximate surface area is 120 Å². The molecule has 0 unspecified atom stereocenters. The summed E-state index contributed by atoms with van der Waals surface area (Å²) < 4.78 is 1.04. The molecule has 1 aliphatic heterocycles. The fourth-order valence-corrected chi connectivity index (χ4v) is 2.90. The van der Waals surface area contributed by atoms with Crippen LogP contribution in [0.15, 0.2) is 18.2 Å². The van der Waals surface area contributed by atoms with E-state index in [4.69, 9.17) is 11.6 Å². The summed E-state index contributed by atoms with van der Waals surface area (Å²) >= 11 is 8.31. The van der Waals surface area contributed by atoms with E-state index in [0.717, 1.165) is 23.2 Å². The van der Waals surface area contributed by atoms with Crippen molar-refractivity contribution in [2.45, 2.75) is 13.0 Å². The number of piperazine rings is 1. The van der Waals surface area contributed by atoms with Crippen molar-refractivity contribution >= 4 is 40.1 Å². The SMILES string of the molecule is C[C@H]1CNCCN1C(=O)c1ccc(I)cc1Cl. The van der Waals surface area contributed by atoms with Gasteiger partial charge in [0.25, 0.3) is 5.91 Å². The zero-order chi connectivity index (χ0) is 12.4. The maximum absolute atomic E-state index is 12.4. The van der Waals surface area contributed by atoms with Crippen molar-refractivity contribution in [1.82, 2.24) is 10.2 Å². The lowest BCUT2D eigenvalue weighted by Crippen LogP contribution is -2.52. The van der Waals surface area contributed by atoms with Gasteiger partial charge in [0, 0.05) is 29.2 Å². The monoisotopic (exact) mass is 364 g/mol. The molecule has 0 radical (unpaired) electrons. The molecule has 3 nitrogen and oxygen atoms in total. The van der Waals surface area contributed by atoms with Crippen LogP contribution in [0.5, 0.6) is 0 Å². The molecule has 1 amide bonds. The second kappa shape index (κ2) is 5.54. The van der Waals surface area contributed by atoms with Gasteiger partial charge in [-0.15, -0.1) is 0 Å². The molecule has 1 saturated heterocycles. The van der Waals surface area contributed by atoms with Crippen LogP contribution in [0, 0.1) is 3.57 Å². The first kappa shape index (κ1) is 13.1. The highest BCUT2D eigenvalue weighted by Gasteiger charge is 2.25. The van der Waals surface area contributed by atoms with Crippen LogP contribution in [0.2, 0.25) is 5.02 Å². The van der Waals surface area contributed by atoms with Crippen molar-refractivity contribution in [3.8, 4) is 0 Å². The Kier molecular flexibility index (Phi) is 4.27. The molecule has 1 aliphatic rings. The van der Waals surface area contributed by atoms with Crippen LogP contribution in [-0.4, -0.2) is 36.5 Å². The molecule has 2 rings (SSSR count). The van der Waals surface area contributed by atoms with Crippen molar-refractivity contribution in [2.75, 3.05) is 19.6 Å². The number of hydrogen-bond donors (Lipinski definition) is 1. The standard InChI is InChI=1S/C12H14ClIN2O/c1-8-7-15-4-5-16(8)12(17)10-3-2-9(14)6-11(10)13/h2-3,6,8,15H,4-5,7H2,1H3/t8-/m0/s1. The summed E-state index contributed by atoms with van der Waals surface area (Å²) in [6.07, 6.45) is 0. The Bertz CT molecular complexity index is 439. The maximum atomic E-state index is 12.4. The topological polar surface area (TPSA) is 32.3 Å². The molecular formula is C12H14ClIN2O. The van der Waals surface area contributed by atoms with Crippen molar-refractivity contribution < 1.29 is 4.79 Å². The van der Waals surface area contributed by atoms with Crippen molar-refractivity contribution in [3.63, 3.8) is 0 Å². The minimum absolute atomic E-state index is 0.0281. The van der Waals surface area contributed by atoms with E-state index in [2.05, 4.69) is 27.9 Å². The van der Waals surface area contributed by atoms with Gasteiger partial charge in [-0.25, -0.2) is 0 Å². The number of amides is 1. The number of halogens is 2. The number of rotatable bonds is 1. The first-order valence-electron chi connectivity index (χ1n) is 5.56. The van der Waals surface area contributed by atoms with Crippen molar-refractivity contribution in [3.05, 3.63) is 32.4 Å². The van der Waals surface area contributed by atoms with Crippen LogP contribution in [-0.2, 0) is 0 Å². The van der Waals surface area contributed by atoms with Gasteiger partial charge >= 0.3 is 0 Å². The Morgan fingerprint density at radius 2 is 2.35 bits per heavy atom. The third kappa shape index (κ3) is 2.92. The molecular weight excluding hydrogens is 351 g/mol. The van der Waals surface area contributed by atoms with Gasteiger partial charge < -0.3 is 10.2 Å². The number of nitrogens with zero attached hydrogens (tertiary/aromatic N) is 1. The zero-order valence-electron chi connectivity index (χ0n) is 9.54. The predicted molar refractivity (Wildman–Crippen MR) is 77.5 cm³/mol. The Morgan fingerprint density at radius 1 is 1.59 bits per heavy atom. The van der Waals surface area contributed by atoms with Gasteiger partial charge in [0.05, 0.1) is 10.6 Å². The zero-order valence-corrected chi connectivity index (χ0v) is 12.5. The van der Waals surface area contributed by atoms with E-state index >= 15 is 0 Å². The van der Waals surface area contributed by atoms with Gasteiger partial charge in [0.2, 0.25) is 0 Å². The maximum Gasteiger partial charge on any atom is 0.255 e. The molecule has 0 saturated carbocycles. The second-order valence-corrected chi connectivity index (χ2v) is 5.83. The Balaban J connectivity index is 2.24. The van der Waals surface area contributed by atoms with Crippen LogP contribution in [0.1, 0.15) is 17.3 Å². The molecule has 1 N–H and O–H groups in total. The third-order valence-electron chi connectivity index (χ3n) is 2.92. The van der Waals surface area contributed by atoms with E-state index in [1.54, 1.807) is 6.07 Å². The van der Waals surface area contributed by atoms with Gasteiger partial charge in [0.15, 0.2) is 0 Å². The summed E-state index contributed by atoms with van der Waals surface area (Å²) in [4.78, 5) is 14.2. The lowest BCUT2D eigenvalue weighted by atomic mass is 10.1. The molecule has 0 aromatic heterocycles. The summed E-state index contributed by atoms with van der Waals surface area (Å²) in [6.45, 7) is 4.47. The molecule has 1 heterocycles. The van der Waals surface area contributed by atoms with Gasteiger partial charge in [-0.05, 0) is 47.7 Å². The van der Waals surface area contributed by atoms with Gasteiger partial charge in [0.1, 0.15) is 0 Å². The highest BCUT2D eigenvalue weighted by Crippen LogP contribution is 2.21. The summed E-state index contributed by atoms with van der Waals surface area (Å²) in [5.41, 5.74) is 0.598. The molecule has 92 valence electrons. The number of carbonyl (C=O) groups is 1. The van der Waals surface area contributed by atoms with Crippen LogP contribution < -0.4 is 5.32 Å². The normalized spacial score (nSPS) is 20.4. The second-order valence-electron chi connectivity index (χ2n) is 4.18. The van der Waals surface area contributed by atoms with E-state index in [9.17, 15) is 4.79 Å². The molecule has 1 aromatic carbocycles. The minimum atomic E-state index is 0.0281. The fraction of sp³-hybridized carbons (Fsp3) is 0.417. The molecule has 5 heteroatoms. The third-order valence-corrected chi connectivity index (χ3v) is 3.91. The molecule has 0 spiro atoms. The summed E-state index contributed by atoms with van der Waals surface area (Å²) in [5.74, 6) is 0.0281. The number of carbonyl (C=O) groups excluding carboxylic acids is 1. The molecule has 17 heavy (non-hydrogen) atoms. The molecule has 1 atom stereocenters. The van der Waals surface area contributed by atoms with Crippen LogP contribution >= 0.6 is 34.2 Å². The van der Waals surface area contributed by atoms with Crippen LogP contribution in [0.4, 0.5) is 0 Å². The van der Waals surface area contributed by atoms with Crippen LogP contribution in [0.3, 0.4) is 0 Å². The van der Waals surface area contributed by atoms with E-state index in [-0.39, 0.29) is 11.9 Å². The van der Waals surface area contributed by atoms with E-state index < -0.39 is 0 Å². The summed E-state index contributed by atoms with van der Waals surface area (Å²) in [5, 5.41) is 3.80. The molecule has 0 aliphatic carbocycles. The Hall–Kier alpha value is -0.330. The van der Waals surface area contributed by atoms with Crippen molar-refractivity contribution in [2.24, 2.45) is 0 Å². The lowest BCUT2D eigenvalue weighted by molar-refractivity contribution is 0.0656. The van der Waals surface area contributed by atoms with E-state index in [0.29, 0.717) is 10.6 Å². The van der Waals surface area contributed by atoms with Crippen molar-refractivity contribution in [1.29, 1.82) is 0 Å². The van der Waals surface area contributed by atoms with E-state index in [1.165, 1.54) is 0 Å². The Morgan fingerprint density at radius 3 is 3.00 bits per heavy atom. The average molecular weight is 365 g/mol. The number of hydrogen-bond acceptors (Lipinski definition) is 2. The minimum Gasteiger partial charge on any atom is -0.333 e. The smallest absolute Gasteiger partial charge is 0.255 e. The largest absolute Gasteiger partial charge is 0.333 e. The molecule has 1 aromatic rings. The first-order valence-corrected chi connectivity index (χ1v) is 7.02. The van der Waals surface area contributed by atoms with Gasteiger partial charge in [-0.2, -0.15) is 0 Å². The summed E-state index contributed by atoms with van der Waals surface area (Å²) in [7, 11) is 0. The van der Waals surface area contributed by atoms with E-state index in [1.807, 2.05) is 24.0 Å². The van der Waals surface area contributed by atoms with Crippen LogP contribution in [0.25, 0.3) is 0 Å². The number of nitrogens with one attached hydrogen (secondary N) is 1. The molecule has 1 fully saturated rings. The average Bonchev–Trinajstić information content (AvgIpc) is 2.29. The first-order chi connectivity index (χ1) is 8.09. The summed E-state index contributed by atoms with van der Waals surface area (Å²) in [6, 6.07) is 5.75. The predicted octanol–water partition coefficient (Wildman–Crippen LogP) is 2.38. The molecule has 0 bridgehead atoms. The highest BCUT2D eigenvalue weighted by atomic mass is 127. The fourth-order valence-electron chi connectivity index (χ4n) is 1.96. The quantitative estimate of drug-likeness (QED) is 0.776.